The molecule has 1 aromatic heterocycles. The first-order valence-electron chi connectivity index (χ1n) is 10.4. The second-order valence-electron chi connectivity index (χ2n) is 7.88. The van der Waals surface area contributed by atoms with Gasteiger partial charge in [-0.25, -0.2) is 4.98 Å². The van der Waals surface area contributed by atoms with Crippen molar-refractivity contribution >= 4 is 23.3 Å². The second-order valence-corrected chi connectivity index (χ2v) is 7.88. The number of rotatable bonds is 5. The van der Waals surface area contributed by atoms with Gasteiger partial charge in [-0.05, 0) is 63.3 Å². The summed E-state index contributed by atoms with van der Waals surface area (Å²) in [5.41, 5.74) is 2.32. The van der Waals surface area contributed by atoms with Crippen LogP contribution in [0.15, 0.2) is 24.3 Å². The lowest BCUT2D eigenvalue weighted by molar-refractivity contribution is 0.0921. The van der Waals surface area contributed by atoms with E-state index in [-0.39, 0.29) is 23.6 Å². The standard InChI is InChI=1S/C22H26N4O3/c1-14(27)15-9-11-17(12-10-15)23-21(28)19-18-8-4-5-13-26(18)20(25-19)22(29)24-16-6-2-3-7-16/h9-12,16H,2-8,13H2,1H3,(H,23,28)(H,24,29). The lowest BCUT2D eigenvalue weighted by Gasteiger charge is -2.18. The highest BCUT2D eigenvalue weighted by atomic mass is 16.2. The van der Waals surface area contributed by atoms with Gasteiger partial charge in [-0.3, -0.25) is 14.4 Å². The van der Waals surface area contributed by atoms with Crippen molar-refractivity contribution in [3.63, 3.8) is 0 Å². The molecule has 1 fully saturated rings. The topological polar surface area (TPSA) is 93.1 Å². The molecule has 1 aromatic carbocycles. The third-order valence-corrected chi connectivity index (χ3v) is 5.78. The summed E-state index contributed by atoms with van der Waals surface area (Å²) in [7, 11) is 0. The fraction of sp³-hybridized carbons (Fsp3) is 0.455. The molecule has 7 heteroatoms. The number of hydrogen-bond donors (Lipinski definition) is 2. The number of carbonyl (C=O) groups is 3. The van der Waals surface area contributed by atoms with Crippen LogP contribution < -0.4 is 10.6 Å². The Morgan fingerprint density at radius 2 is 1.72 bits per heavy atom. The van der Waals surface area contributed by atoms with Gasteiger partial charge >= 0.3 is 0 Å². The van der Waals surface area contributed by atoms with E-state index in [0.29, 0.717) is 29.3 Å². The smallest absolute Gasteiger partial charge is 0.287 e. The van der Waals surface area contributed by atoms with Crippen LogP contribution in [-0.4, -0.2) is 33.2 Å². The predicted octanol–water partition coefficient (Wildman–Crippen LogP) is 3.35. The molecule has 2 N–H and O–H groups in total. The number of carbonyl (C=O) groups excluding carboxylic acids is 3. The lowest BCUT2D eigenvalue weighted by atomic mass is 10.1. The number of hydrogen-bond acceptors (Lipinski definition) is 4. The zero-order valence-corrected chi connectivity index (χ0v) is 16.7. The minimum absolute atomic E-state index is 0.0241. The molecule has 1 aliphatic carbocycles. The fourth-order valence-electron chi connectivity index (χ4n) is 4.20. The van der Waals surface area contributed by atoms with E-state index >= 15 is 0 Å². The zero-order valence-electron chi connectivity index (χ0n) is 16.7. The SMILES string of the molecule is CC(=O)c1ccc(NC(=O)c2nc(C(=O)NC3CCCC3)n3c2CCCC3)cc1. The van der Waals surface area contributed by atoms with Gasteiger partial charge in [0.25, 0.3) is 11.8 Å². The van der Waals surface area contributed by atoms with Crippen LogP contribution >= 0.6 is 0 Å². The maximum Gasteiger partial charge on any atom is 0.287 e. The van der Waals surface area contributed by atoms with Gasteiger partial charge in [-0.15, -0.1) is 0 Å². The molecule has 0 radical (unpaired) electrons. The summed E-state index contributed by atoms with van der Waals surface area (Å²) >= 11 is 0. The van der Waals surface area contributed by atoms with Crippen LogP contribution in [0.1, 0.15) is 82.6 Å². The summed E-state index contributed by atoms with van der Waals surface area (Å²) < 4.78 is 1.90. The molecule has 0 bridgehead atoms. The van der Waals surface area contributed by atoms with E-state index in [2.05, 4.69) is 15.6 Å². The predicted molar refractivity (Wildman–Crippen MR) is 109 cm³/mol. The van der Waals surface area contributed by atoms with Gasteiger partial charge < -0.3 is 15.2 Å². The molecule has 4 rings (SSSR count). The van der Waals surface area contributed by atoms with E-state index < -0.39 is 0 Å². The molecule has 2 heterocycles. The Balaban J connectivity index is 1.56. The van der Waals surface area contributed by atoms with Crippen molar-refractivity contribution < 1.29 is 14.4 Å². The Kier molecular flexibility index (Phi) is 5.47. The largest absolute Gasteiger partial charge is 0.347 e. The van der Waals surface area contributed by atoms with Crippen LogP contribution in [0.5, 0.6) is 0 Å². The minimum atomic E-state index is -0.328. The Morgan fingerprint density at radius 3 is 2.41 bits per heavy atom. The number of amides is 2. The third kappa shape index (κ3) is 4.09. The first kappa shape index (κ1) is 19.4. The van der Waals surface area contributed by atoms with E-state index in [1.807, 2.05) is 4.57 Å². The maximum absolute atomic E-state index is 12.9. The highest BCUT2D eigenvalue weighted by Gasteiger charge is 2.29. The van der Waals surface area contributed by atoms with Crippen LogP contribution in [0.25, 0.3) is 0 Å². The van der Waals surface area contributed by atoms with Crippen molar-refractivity contribution in [1.29, 1.82) is 0 Å². The van der Waals surface area contributed by atoms with Crippen LogP contribution in [0.2, 0.25) is 0 Å². The second kappa shape index (κ2) is 8.19. The average molecular weight is 394 g/mol. The van der Waals surface area contributed by atoms with Gasteiger partial charge in [0.2, 0.25) is 0 Å². The summed E-state index contributed by atoms with van der Waals surface area (Å²) in [6.07, 6.45) is 6.96. The summed E-state index contributed by atoms with van der Waals surface area (Å²) in [6.45, 7) is 2.21. The number of fused-ring (bicyclic) bond motifs is 1. The first-order valence-corrected chi connectivity index (χ1v) is 10.4. The summed E-state index contributed by atoms with van der Waals surface area (Å²) in [5.74, 6) is -0.205. The van der Waals surface area contributed by atoms with Crippen molar-refractivity contribution in [1.82, 2.24) is 14.9 Å². The van der Waals surface area contributed by atoms with Gasteiger partial charge in [0, 0.05) is 23.8 Å². The normalized spacial score (nSPS) is 16.3. The summed E-state index contributed by atoms with van der Waals surface area (Å²) in [6, 6.07) is 6.97. The van der Waals surface area contributed by atoms with Crippen molar-refractivity contribution in [3.05, 3.63) is 47.0 Å². The Hall–Kier alpha value is -2.96. The number of anilines is 1. The molecule has 7 nitrogen and oxygen atoms in total. The Bertz CT molecular complexity index is 940. The molecule has 2 aromatic rings. The van der Waals surface area contributed by atoms with E-state index in [1.54, 1.807) is 24.3 Å². The molecule has 152 valence electrons. The van der Waals surface area contributed by atoms with E-state index in [4.69, 9.17) is 0 Å². The number of ketones is 1. The molecular formula is C22H26N4O3. The van der Waals surface area contributed by atoms with Gasteiger partial charge in [0.15, 0.2) is 17.3 Å². The quantitative estimate of drug-likeness (QED) is 0.761. The number of imidazole rings is 1. The van der Waals surface area contributed by atoms with Gasteiger partial charge in [-0.2, -0.15) is 0 Å². The summed E-state index contributed by atoms with van der Waals surface area (Å²) in [4.78, 5) is 41.6. The number of benzene rings is 1. The minimum Gasteiger partial charge on any atom is -0.347 e. The molecule has 0 spiro atoms. The zero-order chi connectivity index (χ0) is 20.4. The van der Waals surface area contributed by atoms with E-state index in [0.717, 1.165) is 50.6 Å². The third-order valence-electron chi connectivity index (χ3n) is 5.78. The molecule has 2 amide bonds. The maximum atomic E-state index is 12.9. The fourth-order valence-corrected chi connectivity index (χ4v) is 4.20. The molecule has 1 saturated carbocycles. The van der Waals surface area contributed by atoms with Crippen LogP contribution in [0.3, 0.4) is 0 Å². The highest BCUT2D eigenvalue weighted by molar-refractivity contribution is 6.05. The van der Waals surface area contributed by atoms with Crippen molar-refractivity contribution in [2.45, 2.75) is 64.5 Å². The molecule has 0 unspecified atom stereocenters. The lowest BCUT2D eigenvalue weighted by Crippen LogP contribution is -2.35. The number of nitrogens with one attached hydrogen (secondary N) is 2. The van der Waals surface area contributed by atoms with Crippen LogP contribution in [0, 0.1) is 0 Å². The van der Waals surface area contributed by atoms with Crippen LogP contribution in [-0.2, 0) is 13.0 Å². The molecule has 0 atom stereocenters. The van der Waals surface area contributed by atoms with Gasteiger partial charge in [0.1, 0.15) is 0 Å². The van der Waals surface area contributed by atoms with Crippen LogP contribution in [0.4, 0.5) is 5.69 Å². The van der Waals surface area contributed by atoms with E-state index in [1.165, 1.54) is 6.92 Å². The molecule has 1 aliphatic heterocycles. The van der Waals surface area contributed by atoms with Gasteiger partial charge in [0.05, 0.1) is 5.69 Å². The van der Waals surface area contributed by atoms with Crippen molar-refractivity contribution in [2.75, 3.05) is 5.32 Å². The number of Topliss-reactive ketones (excluding diaryl/α,β-unsaturated/α-hetero) is 1. The first-order chi connectivity index (χ1) is 14.0. The summed E-state index contributed by atoms with van der Waals surface area (Å²) in [5, 5.41) is 5.92. The Labute approximate surface area is 169 Å². The number of nitrogens with zero attached hydrogens (tertiary/aromatic N) is 2. The molecule has 29 heavy (non-hydrogen) atoms. The average Bonchev–Trinajstić information content (AvgIpc) is 3.36. The number of aromatic nitrogens is 2. The molecular weight excluding hydrogens is 368 g/mol. The highest BCUT2D eigenvalue weighted by Crippen LogP contribution is 2.23. The monoisotopic (exact) mass is 394 g/mol. The molecule has 2 aliphatic rings. The Morgan fingerprint density at radius 1 is 1.00 bits per heavy atom. The molecule has 0 saturated heterocycles. The van der Waals surface area contributed by atoms with Crippen molar-refractivity contribution in [3.8, 4) is 0 Å². The van der Waals surface area contributed by atoms with Crippen molar-refractivity contribution in [2.24, 2.45) is 0 Å². The van der Waals surface area contributed by atoms with Gasteiger partial charge in [-0.1, -0.05) is 12.8 Å². The van der Waals surface area contributed by atoms with E-state index in [9.17, 15) is 14.4 Å².